The first kappa shape index (κ1) is 23.1. The van der Waals surface area contributed by atoms with E-state index in [4.69, 9.17) is 9.84 Å². The van der Waals surface area contributed by atoms with Gasteiger partial charge in [-0.2, -0.15) is 0 Å². The summed E-state index contributed by atoms with van der Waals surface area (Å²) >= 11 is 6.46. The van der Waals surface area contributed by atoms with Gasteiger partial charge in [-0.1, -0.05) is 6.07 Å². The van der Waals surface area contributed by atoms with Crippen LogP contribution in [-0.4, -0.2) is 40.5 Å². The summed E-state index contributed by atoms with van der Waals surface area (Å²) in [5.41, 5.74) is -0.470. The summed E-state index contributed by atoms with van der Waals surface area (Å²) in [5, 5.41) is 21.8. The number of aliphatic carboxylic acids is 1. The van der Waals surface area contributed by atoms with Gasteiger partial charge in [0.25, 0.3) is 17.5 Å². The van der Waals surface area contributed by atoms with Gasteiger partial charge in [0, 0.05) is 12.1 Å². The number of rotatable bonds is 6. The molecule has 11 nitrogen and oxygen atoms in total. The molecular formula is C19H11Br2N3O8. The van der Waals surface area contributed by atoms with Gasteiger partial charge in [-0.3, -0.25) is 25.0 Å². The van der Waals surface area contributed by atoms with Crippen molar-refractivity contribution in [1.82, 2.24) is 5.32 Å². The molecular weight excluding hydrogens is 558 g/mol. The van der Waals surface area contributed by atoms with E-state index in [1.807, 2.05) is 5.32 Å². The first-order valence-electron chi connectivity index (χ1n) is 8.58. The number of benzene rings is 2. The number of nitro benzene ring substituents is 1. The highest BCUT2D eigenvalue weighted by molar-refractivity contribution is 9.11. The van der Waals surface area contributed by atoms with E-state index >= 15 is 0 Å². The molecule has 0 aliphatic carbocycles. The van der Waals surface area contributed by atoms with Crippen LogP contribution in [0.15, 0.2) is 50.9 Å². The second-order valence-electron chi connectivity index (χ2n) is 6.23. The quantitative estimate of drug-likeness (QED) is 0.233. The van der Waals surface area contributed by atoms with Crippen molar-refractivity contribution >= 4 is 73.1 Å². The lowest BCUT2D eigenvalue weighted by molar-refractivity contribution is -0.384. The number of anilines is 1. The Labute approximate surface area is 196 Å². The maximum Gasteiger partial charge on any atom is 0.341 e. The number of imide groups is 2. The van der Waals surface area contributed by atoms with Gasteiger partial charge in [0.2, 0.25) is 0 Å². The third-order valence-electron chi connectivity index (χ3n) is 4.07. The van der Waals surface area contributed by atoms with Crippen LogP contribution in [0, 0.1) is 10.1 Å². The smallest absolute Gasteiger partial charge is 0.341 e. The first-order valence-corrected chi connectivity index (χ1v) is 10.2. The van der Waals surface area contributed by atoms with Gasteiger partial charge in [-0.25, -0.2) is 14.5 Å². The lowest BCUT2D eigenvalue weighted by Crippen LogP contribution is -2.54. The van der Waals surface area contributed by atoms with E-state index in [-0.39, 0.29) is 17.1 Å². The molecule has 0 aromatic heterocycles. The zero-order valence-corrected chi connectivity index (χ0v) is 18.9. The second kappa shape index (κ2) is 9.28. The highest BCUT2D eigenvalue weighted by Crippen LogP contribution is 2.36. The number of amides is 4. The number of nitrogens with zero attached hydrogens (tertiary/aromatic N) is 2. The predicted molar refractivity (Wildman–Crippen MR) is 117 cm³/mol. The van der Waals surface area contributed by atoms with Crippen LogP contribution in [0.1, 0.15) is 5.56 Å². The molecule has 2 aromatic rings. The van der Waals surface area contributed by atoms with Gasteiger partial charge in [-0.15, -0.1) is 0 Å². The predicted octanol–water partition coefficient (Wildman–Crippen LogP) is 3.25. The maximum atomic E-state index is 12.9. The molecule has 2 N–H and O–H groups in total. The zero-order valence-electron chi connectivity index (χ0n) is 15.7. The molecule has 0 bridgehead atoms. The number of nitro groups is 1. The van der Waals surface area contributed by atoms with Crippen molar-refractivity contribution in [2.75, 3.05) is 11.5 Å². The van der Waals surface area contributed by atoms with Crippen LogP contribution in [0.4, 0.5) is 16.2 Å². The molecule has 0 unspecified atom stereocenters. The summed E-state index contributed by atoms with van der Waals surface area (Å²) in [4.78, 5) is 59.2. The normalized spacial score (nSPS) is 15.0. The zero-order chi connectivity index (χ0) is 23.6. The number of urea groups is 1. The van der Waals surface area contributed by atoms with Gasteiger partial charge in [0.15, 0.2) is 6.61 Å². The minimum atomic E-state index is -1.18. The molecule has 3 rings (SSSR count). The van der Waals surface area contributed by atoms with E-state index in [1.54, 1.807) is 0 Å². The topological polar surface area (TPSA) is 156 Å². The Balaban J connectivity index is 1.98. The first-order chi connectivity index (χ1) is 15.1. The molecule has 32 heavy (non-hydrogen) atoms. The van der Waals surface area contributed by atoms with Crippen LogP contribution in [0.3, 0.4) is 0 Å². The Morgan fingerprint density at radius 2 is 1.84 bits per heavy atom. The highest BCUT2D eigenvalue weighted by Gasteiger charge is 2.37. The number of hydrogen-bond acceptors (Lipinski definition) is 7. The Kier molecular flexibility index (Phi) is 6.69. The molecule has 2 aromatic carbocycles. The molecule has 0 saturated carbocycles. The standard InChI is InChI=1S/C19H11Br2N3O8/c20-13-5-9(6-14(21)16(13)32-8-15(25)26)4-12-17(27)22-19(29)23(18(12)28)10-2-1-3-11(7-10)24(30)31/h1-7H,8H2,(H,25,26)(H,22,27,29)/b12-4+. The van der Waals surface area contributed by atoms with Gasteiger partial charge < -0.3 is 9.84 Å². The van der Waals surface area contributed by atoms with E-state index in [9.17, 15) is 29.3 Å². The Morgan fingerprint density at radius 3 is 2.44 bits per heavy atom. The molecule has 1 aliphatic heterocycles. The van der Waals surface area contributed by atoms with Gasteiger partial charge >= 0.3 is 12.0 Å². The Morgan fingerprint density at radius 1 is 1.19 bits per heavy atom. The monoisotopic (exact) mass is 567 g/mol. The molecule has 0 atom stereocenters. The fraction of sp³-hybridized carbons (Fsp3) is 0.0526. The van der Waals surface area contributed by atoms with Crippen LogP contribution in [0.25, 0.3) is 6.08 Å². The summed E-state index contributed by atoms with van der Waals surface area (Å²) in [5.74, 6) is -2.90. The van der Waals surface area contributed by atoms with E-state index in [0.717, 1.165) is 6.07 Å². The van der Waals surface area contributed by atoms with Gasteiger partial charge in [0.1, 0.15) is 11.3 Å². The number of non-ortho nitro benzene ring substituents is 1. The number of halogens is 2. The van der Waals surface area contributed by atoms with Gasteiger partial charge in [0.05, 0.1) is 19.6 Å². The third-order valence-corrected chi connectivity index (χ3v) is 5.25. The number of ether oxygens (including phenoxy) is 1. The summed E-state index contributed by atoms with van der Waals surface area (Å²) in [7, 11) is 0. The van der Waals surface area contributed by atoms with Crippen molar-refractivity contribution in [3.8, 4) is 5.75 Å². The van der Waals surface area contributed by atoms with Crippen LogP contribution in [0.2, 0.25) is 0 Å². The lowest BCUT2D eigenvalue weighted by Gasteiger charge is -2.26. The van der Waals surface area contributed by atoms with E-state index in [1.165, 1.54) is 36.4 Å². The van der Waals surface area contributed by atoms with Crippen LogP contribution < -0.4 is 15.0 Å². The third kappa shape index (κ3) is 4.84. The number of carbonyl (C=O) groups is 4. The molecule has 0 radical (unpaired) electrons. The molecule has 0 spiro atoms. The summed E-state index contributed by atoms with van der Waals surface area (Å²) in [6.07, 6.45) is 1.21. The average molecular weight is 569 g/mol. The molecule has 13 heteroatoms. The molecule has 1 fully saturated rings. The number of carboxylic acids is 1. The number of carboxylic acid groups (broad SMARTS) is 1. The van der Waals surface area contributed by atoms with Crippen molar-refractivity contribution in [3.63, 3.8) is 0 Å². The average Bonchev–Trinajstić information content (AvgIpc) is 2.70. The summed E-state index contributed by atoms with van der Waals surface area (Å²) in [6, 6.07) is 6.76. The lowest BCUT2D eigenvalue weighted by atomic mass is 10.1. The number of nitrogens with one attached hydrogen (secondary N) is 1. The molecule has 1 heterocycles. The van der Waals surface area contributed by atoms with E-state index in [0.29, 0.717) is 19.4 Å². The van der Waals surface area contributed by atoms with Crippen molar-refractivity contribution in [3.05, 3.63) is 66.6 Å². The molecule has 4 amide bonds. The largest absolute Gasteiger partial charge is 0.480 e. The van der Waals surface area contributed by atoms with Gasteiger partial charge in [-0.05, 0) is 61.7 Å². The molecule has 164 valence electrons. The number of carbonyl (C=O) groups excluding carboxylic acids is 3. The van der Waals surface area contributed by atoms with E-state index in [2.05, 4.69) is 31.9 Å². The van der Waals surface area contributed by atoms with Crippen LogP contribution in [-0.2, 0) is 14.4 Å². The van der Waals surface area contributed by atoms with Crippen molar-refractivity contribution in [2.24, 2.45) is 0 Å². The van der Waals surface area contributed by atoms with Crippen molar-refractivity contribution in [2.45, 2.75) is 0 Å². The summed E-state index contributed by atoms with van der Waals surface area (Å²) < 4.78 is 5.85. The van der Waals surface area contributed by atoms with E-state index < -0.39 is 40.9 Å². The maximum absolute atomic E-state index is 12.9. The summed E-state index contributed by atoms with van der Waals surface area (Å²) in [6.45, 7) is -0.585. The fourth-order valence-electron chi connectivity index (χ4n) is 2.74. The highest BCUT2D eigenvalue weighted by atomic mass is 79.9. The van der Waals surface area contributed by atoms with Crippen LogP contribution >= 0.6 is 31.9 Å². The fourth-order valence-corrected chi connectivity index (χ4v) is 4.19. The SMILES string of the molecule is O=C(O)COc1c(Br)cc(/C=C2\C(=O)NC(=O)N(c3cccc([N+](=O)[O-])c3)C2=O)cc1Br. The Hall–Kier alpha value is -3.58. The van der Waals surface area contributed by atoms with Crippen molar-refractivity contribution in [1.29, 1.82) is 0 Å². The molecule has 1 saturated heterocycles. The number of barbiturate groups is 1. The molecule has 1 aliphatic rings. The Bertz CT molecular complexity index is 1190. The number of hydrogen-bond donors (Lipinski definition) is 2. The second-order valence-corrected chi connectivity index (χ2v) is 7.94. The van der Waals surface area contributed by atoms with Crippen LogP contribution in [0.5, 0.6) is 5.75 Å². The van der Waals surface area contributed by atoms with Crippen molar-refractivity contribution < 1.29 is 33.9 Å². The minimum absolute atomic E-state index is 0.0834. The minimum Gasteiger partial charge on any atom is -0.480 e.